The number of carbonyl (C=O) groups is 3. The van der Waals surface area contributed by atoms with Gasteiger partial charge in [0.05, 0.1) is 17.2 Å². The second kappa shape index (κ2) is 8.92. The summed E-state index contributed by atoms with van der Waals surface area (Å²) in [5.74, 6) is -1.15. The average Bonchev–Trinajstić information content (AvgIpc) is 2.50. The number of carbonyl (C=O) groups excluding carboxylic acids is 3. The van der Waals surface area contributed by atoms with Crippen molar-refractivity contribution in [1.82, 2.24) is 5.32 Å². The number of para-hydroxylation sites is 1. The maximum Gasteiger partial charge on any atom is 0.308 e. The van der Waals surface area contributed by atoms with Crippen LogP contribution in [0.5, 0.6) is 0 Å². The standard InChI is InChI=1S/C17H24N2O4/c1-11(2)9-18-16(21)13-7-5-6-8-14(13)19-15(20)10-23-17(22)12(3)4/h5-8,11-12H,9-10H2,1-4H3,(H,18,21)(H,19,20). The van der Waals surface area contributed by atoms with Gasteiger partial charge in [-0.05, 0) is 18.1 Å². The lowest BCUT2D eigenvalue weighted by atomic mass is 10.1. The molecule has 0 aliphatic carbocycles. The zero-order valence-corrected chi connectivity index (χ0v) is 14.0. The predicted molar refractivity (Wildman–Crippen MR) is 88.0 cm³/mol. The van der Waals surface area contributed by atoms with Gasteiger partial charge in [0, 0.05) is 6.54 Å². The first-order valence-electron chi connectivity index (χ1n) is 7.65. The Morgan fingerprint density at radius 3 is 2.35 bits per heavy atom. The number of ether oxygens (including phenoxy) is 1. The maximum atomic E-state index is 12.2. The van der Waals surface area contributed by atoms with Gasteiger partial charge in [-0.25, -0.2) is 0 Å². The molecular weight excluding hydrogens is 296 g/mol. The van der Waals surface area contributed by atoms with Gasteiger partial charge in [0.2, 0.25) is 0 Å². The zero-order valence-electron chi connectivity index (χ0n) is 14.0. The normalized spacial score (nSPS) is 10.5. The molecule has 0 heterocycles. The number of anilines is 1. The van der Waals surface area contributed by atoms with Crippen LogP contribution < -0.4 is 10.6 Å². The van der Waals surface area contributed by atoms with Gasteiger partial charge >= 0.3 is 5.97 Å². The molecule has 0 fully saturated rings. The molecule has 1 aromatic carbocycles. The van der Waals surface area contributed by atoms with Crippen LogP contribution in [0, 0.1) is 11.8 Å². The topological polar surface area (TPSA) is 84.5 Å². The minimum atomic E-state index is -0.483. The summed E-state index contributed by atoms with van der Waals surface area (Å²) in [5.41, 5.74) is 0.760. The zero-order chi connectivity index (χ0) is 17.4. The minimum absolute atomic E-state index is 0.256. The third kappa shape index (κ3) is 6.50. The van der Waals surface area contributed by atoms with Gasteiger partial charge in [0.1, 0.15) is 0 Å². The van der Waals surface area contributed by atoms with E-state index < -0.39 is 11.9 Å². The van der Waals surface area contributed by atoms with Crippen LogP contribution in [0.25, 0.3) is 0 Å². The minimum Gasteiger partial charge on any atom is -0.455 e. The third-order valence-corrected chi connectivity index (χ3v) is 2.93. The van der Waals surface area contributed by atoms with E-state index in [1.165, 1.54) is 0 Å². The van der Waals surface area contributed by atoms with Crippen LogP contribution >= 0.6 is 0 Å². The van der Waals surface area contributed by atoms with Crippen molar-refractivity contribution in [1.29, 1.82) is 0 Å². The molecule has 0 saturated carbocycles. The van der Waals surface area contributed by atoms with Crippen molar-refractivity contribution in [3.05, 3.63) is 29.8 Å². The molecule has 2 N–H and O–H groups in total. The highest BCUT2D eigenvalue weighted by Gasteiger charge is 2.15. The molecule has 0 aliphatic rings. The second-order valence-corrected chi connectivity index (χ2v) is 5.96. The first-order chi connectivity index (χ1) is 10.8. The van der Waals surface area contributed by atoms with Gasteiger partial charge in [-0.3, -0.25) is 14.4 Å². The molecule has 0 atom stereocenters. The molecule has 0 bridgehead atoms. The first-order valence-corrected chi connectivity index (χ1v) is 7.65. The molecule has 2 amide bonds. The van der Waals surface area contributed by atoms with E-state index in [0.717, 1.165) is 0 Å². The van der Waals surface area contributed by atoms with E-state index in [2.05, 4.69) is 10.6 Å². The number of nitrogens with one attached hydrogen (secondary N) is 2. The molecule has 1 rings (SSSR count). The molecule has 0 spiro atoms. The van der Waals surface area contributed by atoms with E-state index in [4.69, 9.17) is 4.74 Å². The van der Waals surface area contributed by atoms with E-state index in [1.54, 1.807) is 38.1 Å². The Bertz CT molecular complexity index is 567. The first kappa shape index (κ1) is 18.7. The molecule has 6 nitrogen and oxygen atoms in total. The molecule has 1 aromatic rings. The summed E-state index contributed by atoms with van der Waals surface area (Å²) < 4.78 is 4.87. The summed E-state index contributed by atoms with van der Waals surface area (Å²) in [6.07, 6.45) is 0. The molecule has 0 radical (unpaired) electrons. The number of rotatable bonds is 7. The SMILES string of the molecule is CC(C)CNC(=O)c1ccccc1NC(=O)COC(=O)C(C)C. The fraction of sp³-hybridized carbons (Fsp3) is 0.471. The molecule has 0 aliphatic heterocycles. The summed E-state index contributed by atoms with van der Waals surface area (Å²) in [6, 6.07) is 6.70. The summed E-state index contributed by atoms with van der Waals surface area (Å²) in [6.45, 7) is 7.54. The molecule has 0 aromatic heterocycles. The van der Waals surface area contributed by atoms with Crippen LogP contribution in [0.4, 0.5) is 5.69 Å². The van der Waals surface area contributed by atoms with E-state index >= 15 is 0 Å². The Kier molecular flexibility index (Phi) is 7.25. The van der Waals surface area contributed by atoms with Gasteiger partial charge in [0.15, 0.2) is 6.61 Å². The Hall–Kier alpha value is -2.37. The van der Waals surface area contributed by atoms with Crippen molar-refractivity contribution in [2.75, 3.05) is 18.5 Å². The molecule has 0 saturated heterocycles. The number of benzene rings is 1. The van der Waals surface area contributed by atoms with Crippen LogP contribution in [0.2, 0.25) is 0 Å². The lowest BCUT2D eigenvalue weighted by Gasteiger charge is -2.13. The number of amides is 2. The van der Waals surface area contributed by atoms with Crippen LogP contribution in [0.3, 0.4) is 0 Å². The predicted octanol–water partition coefficient (Wildman–Crippen LogP) is 2.21. The third-order valence-electron chi connectivity index (χ3n) is 2.93. The second-order valence-electron chi connectivity index (χ2n) is 5.96. The number of hydrogen-bond acceptors (Lipinski definition) is 4. The highest BCUT2D eigenvalue weighted by molar-refractivity contribution is 6.04. The lowest BCUT2D eigenvalue weighted by Crippen LogP contribution is -2.29. The van der Waals surface area contributed by atoms with Crippen LogP contribution in [0.1, 0.15) is 38.1 Å². The van der Waals surface area contributed by atoms with E-state index in [0.29, 0.717) is 23.7 Å². The van der Waals surface area contributed by atoms with E-state index in [-0.39, 0.29) is 18.4 Å². The van der Waals surface area contributed by atoms with Gasteiger partial charge in [-0.1, -0.05) is 39.8 Å². The Morgan fingerprint density at radius 1 is 1.09 bits per heavy atom. The summed E-state index contributed by atoms with van der Waals surface area (Å²) in [7, 11) is 0. The van der Waals surface area contributed by atoms with Crippen LogP contribution in [-0.4, -0.2) is 30.9 Å². The van der Waals surface area contributed by atoms with Crippen LogP contribution in [0.15, 0.2) is 24.3 Å². The highest BCUT2D eigenvalue weighted by atomic mass is 16.5. The monoisotopic (exact) mass is 320 g/mol. The molecule has 126 valence electrons. The van der Waals surface area contributed by atoms with Crippen molar-refractivity contribution in [2.45, 2.75) is 27.7 Å². The van der Waals surface area contributed by atoms with Crippen molar-refractivity contribution in [2.24, 2.45) is 11.8 Å². The van der Waals surface area contributed by atoms with Crippen molar-refractivity contribution in [3.8, 4) is 0 Å². The Balaban J connectivity index is 2.68. The lowest BCUT2D eigenvalue weighted by molar-refractivity contribution is -0.150. The van der Waals surface area contributed by atoms with E-state index in [9.17, 15) is 14.4 Å². The summed E-state index contributed by atoms with van der Waals surface area (Å²) in [5, 5.41) is 5.40. The van der Waals surface area contributed by atoms with Crippen LogP contribution in [-0.2, 0) is 14.3 Å². The molecule has 0 unspecified atom stereocenters. The number of esters is 1. The fourth-order valence-corrected chi connectivity index (χ4v) is 1.67. The van der Waals surface area contributed by atoms with Gasteiger partial charge < -0.3 is 15.4 Å². The summed E-state index contributed by atoms with van der Waals surface area (Å²) in [4.78, 5) is 35.4. The number of hydrogen-bond donors (Lipinski definition) is 2. The van der Waals surface area contributed by atoms with Gasteiger partial charge in [0.25, 0.3) is 11.8 Å². The van der Waals surface area contributed by atoms with Gasteiger partial charge in [-0.2, -0.15) is 0 Å². The smallest absolute Gasteiger partial charge is 0.308 e. The highest BCUT2D eigenvalue weighted by Crippen LogP contribution is 2.15. The van der Waals surface area contributed by atoms with E-state index in [1.807, 2.05) is 13.8 Å². The maximum absolute atomic E-state index is 12.2. The van der Waals surface area contributed by atoms with Crippen molar-refractivity contribution < 1.29 is 19.1 Å². The average molecular weight is 320 g/mol. The quantitative estimate of drug-likeness (QED) is 0.754. The molecular formula is C17H24N2O4. The van der Waals surface area contributed by atoms with Crippen molar-refractivity contribution >= 4 is 23.5 Å². The Morgan fingerprint density at radius 2 is 1.74 bits per heavy atom. The largest absolute Gasteiger partial charge is 0.455 e. The molecule has 23 heavy (non-hydrogen) atoms. The fourth-order valence-electron chi connectivity index (χ4n) is 1.67. The van der Waals surface area contributed by atoms with Crippen molar-refractivity contribution in [3.63, 3.8) is 0 Å². The molecule has 6 heteroatoms. The van der Waals surface area contributed by atoms with Gasteiger partial charge in [-0.15, -0.1) is 0 Å². The summed E-state index contributed by atoms with van der Waals surface area (Å²) >= 11 is 0. The Labute approximate surface area is 136 Å².